The standard InChI is InChI=1S/C7H10F3NO3/c8-7(9,10)6(14)2-1-3-11(4-6)5(12)13/h14H,1-4H2,(H,12,13). The molecule has 1 atom stereocenters. The Hall–Kier alpha value is -0.980. The first kappa shape index (κ1) is 11.1. The van der Waals surface area contributed by atoms with Crippen LogP contribution >= 0.6 is 0 Å². The van der Waals surface area contributed by atoms with E-state index in [1.165, 1.54) is 0 Å². The number of hydrogen-bond acceptors (Lipinski definition) is 2. The minimum Gasteiger partial charge on any atom is -0.465 e. The van der Waals surface area contributed by atoms with Gasteiger partial charge in [-0.1, -0.05) is 0 Å². The molecule has 1 heterocycles. The second-order valence-corrected chi connectivity index (χ2v) is 3.34. The molecule has 1 aliphatic heterocycles. The topological polar surface area (TPSA) is 60.8 Å². The SMILES string of the molecule is O=C(O)N1CCCC(O)(C(F)(F)F)C1. The molecule has 14 heavy (non-hydrogen) atoms. The number of likely N-dealkylation sites (tertiary alicyclic amines) is 1. The van der Waals surface area contributed by atoms with E-state index in [9.17, 15) is 23.1 Å². The maximum absolute atomic E-state index is 12.3. The molecule has 7 heteroatoms. The van der Waals surface area contributed by atoms with E-state index >= 15 is 0 Å². The number of carboxylic acid groups (broad SMARTS) is 1. The van der Waals surface area contributed by atoms with Gasteiger partial charge in [-0.2, -0.15) is 13.2 Å². The summed E-state index contributed by atoms with van der Waals surface area (Å²) in [7, 11) is 0. The summed E-state index contributed by atoms with van der Waals surface area (Å²) in [5, 5.41) is 17.7. The van der Waals surface area contributed by atoms with Crippen LogP contribution in [0.25, 0.3) is 0 Å². The van der Waals surface area contributed by atoms with Gasteiger partial charge in [0.15, 0.2) is 5.60 Å². The molecule has 1 saturated heterocycles. The number of carbonyl (C=O) groups is 1. The summed E-state index contributed by atoms with van der Waals surface area (Å²) in [6.07, 6.45) is -6.64. The highest BCUT2D eigenvalue weighted by atomic mass is 19.4. The van der Waals surface area contributed by atoms with Crippen molar-refractivity contribution in [3.8, 4) is 0 Å². The van der Waals surface area contributed by atoms with Crippen LogP contribution in [0.5, 0.6) is 0 Å². The molecule has 0 aromatic carbocycles. The summed E-state index contributed by atoms with van der Waals surface area (Å²) < 4.78 is 36.9. The number of alkyl halides is 3. The maximum Gasteiger partial charge on any atom is 0.418 e. The molecule has 0 aliphatic carbocycles. The number of β-amino-alcohol motifs (C(OH)–C–C–N with tert-alkyl or cyclic N) is 1. The first-order valence-electron chi connectivity index (χ1n) is 4.03. The van der Waals surface area contributed by atoms with Crippen LogP contribution in [0.3, 0.4) is 0 Å². The minimum absolute atomic E-state index is 0.0162. The number of aliphatic hydroxyl groups is 1. The Labute approximate surface area is 77.9 Å². The summed E-state index contributed by atoms with van der Waals surface area (Å²) in [6.45, 7) is -0.862. The largest absolute Gasteiger partial charge is 0.465 e. The Balaban J connectivity index is 2.77. The van der Waals surface area contributed by atoms with Crippen LogP contribution in [0.1, 0.15) is 12.8 Å². The van der Waals surface area contributed by atoms with Crippen LogP contribution in [-0.4, -0.2) is 46.1 Å². The lowest BCUT2D eigenvalue weighted by atomic mass is 9.92. The van der Waals surface area contributed by atoms with Crippen molar-refractivity contribution in [1.82, 2.24) is 4.90 Å². The predicted molar refractivity (Wildman–Crippen MR) is 39.8 cm³/mol. The highest BCUT2D eigenvalue weighted by molar-refractivity contribution is 5.65. The molecule has 0 spiro atoms. The van der Waals surface area contributed by atoms with Gasteiger partial charge in [0, 0.05) is 6.54 Å². The monoisotopic (exact) mass is 213 g/mol. The lowest BCUT2D eigenvalue weighted by molar-refractivity contribution is -0.271. The van der Waals surface area contributed by atoms with E-state index in [0.29, 0.717) is 4.90 Å². The smallest absolute Gasteiger partial charge is 0.418 e. The average molecular weight is 213 g/mol. The zero-order chi connectivity index (χ0) is 11.0. The number of halogens is 3. The summed E-state index contributed by atoms with van der Waals surface area (Å²) >= 11 is 0. The molecule has 0 radical (unpaired) electrons. The predicted octanol–water partition coefficient (Wildman–Crippen LogP) is 1.05. The lowest BCUT2D eigenvalue weighted by Gasteiger charge is -2.38. The van der Waals surface area contributed by atoms with Gasteiger partial charge in [-0.3, -0.25) is 0 Å². The number of amides is 1. The molecule has 1 unspecified atom stereocenters. The minimum atomic E-state index is -4.78. The van der Waals surface area contributed by atoms with Gasteiger partial charge >= 0.3 is 12.3 Å². The van der Waals surface area contributed by atoms with Crippen LogP contribution in [0, 0.1) is 0 Å². The van der Waals surface area contributed by atoms with E-state index in [4.69, 9.17) is 5.11 Å². The van der Waals surface area contributed by atoms with Crippen molar-refractivity contribution in [3.63, 3.8) is 0 Å². The molecule has 0 aromatic rings. The van der Waals surface area contributed by atoms with E-state index in [1.54, 1.807) is 0 Å². The molecule has 0 saturated carbocycles. The average Bonchev–Trinajstić information content (AvgIpc) is 2.02. The molecule has 4 nitrogen and oxygen atoms in total. The number of nitrogens with zero attached hydrogens (tertiary/aromatic N) is 1. The molecule has 2 N–H and O–H groups in total. The van der Waals surface area contributed by atoms with Crippen LogP contribution in [-0.2, 0) is 0 Å². The van der Waals surface area contributed by atoms with Gasteiger partial charge in [-0.15, -0.1) is 0 Å². The Kier molecular flexibility index (Phi) is 2.62. The fourth-order valence-corrected chi connectivity index (χ4v) is 1.43. The second-order valence-electron chi connectivity index (χ2n) is 3.34. The van der Waals surface area contributed by atoms with E-state index in [2.05, 4.69) is 0 Å². The van der Waals surface area contributed by atoms with E-state index in [0.717, 1.165) is 0 Å². The fourth-order valence-electron chi connectivity index (χ4n) is 1.43. The highest BCUT2D eigenvalue weighted by Crippen LogP contribution is 2.37. The first-order chi connectivity index (χ1) is 6.26. The third-order valence-corrected chi connectivity index (χ3v) is 2.27. The molecule has 1 amide bonds. The van der Waals surface area contributed by atoms with Crippen molar-refractivity contribution in [3.05, 3.63) is 0 Å². The van der Waals surface area contributed by atoms with Crippen molar-refractivity contribution < 1.29 is 28.2 Å². The van der Waals surface area contributed by atoms with E-state index < -0.39 is 30.8 Å². The van der Waals surface area contributed by atoms with Crippen LogP contribution < -0.4 is 0 Å². The summed E-state index contributed by atoms with van der Waals surface area (Å²) in [6, 6.07) is 0. The molecule has 1 aliphatic rings. The molecule has 1 fully saturated rings. The summed E-state index contributed by atoms with van der Waals surface area (Å²) in [5.41, 5.74) is -2.89. The molecule has 0 bridgehead atoms. The zero-order valence-corrected chi connectivity index (χ0v) is 7.21. The Morgan fingerprint density at radius 2 is 2.00 bits per heavy atom. The van der Waals surface area contributed by atoms with Gasteiger partial charge < -0.3 is 15.1 Å². The molecule has 1 rings (SSSR count). The Morgan fingerprint density at radius 3 is 2.43 bits per heavy atom. The van der Waals surface area contributed by atoms with Crippen LogP contribution in [0.15, 0.2) is 0 Å². The third-order valence-electron chi connectivity index (χ3n) is 2.27. The van der Waals surface area contributed by atoms with Gasteiger partial charge in [0.25, 0.3) is 0 Å². The van der Waals surface area contributed by atoms with Gasteiger partial charge in [-0.05, 0) is 12.8 Å². The highest BCUT2D eigenvalue weighted by Gasteiger charge is 2.55. The number of rotatable bonds is 0. The van der Waals surface area contributed by atoms with Crippen LogP contribution in [0.4, 0.5) is 18.0 Å². The summed E-state index contributed by atoms with van der Waals surface area (Å²) in [4.78, 5) is 11.0. The van der Waals surface area contributed by atoms with Crippen molar-refractivity contribution >= 4 is 6.09 Å². The van der Waals surface area contributed by atoms with Crippen molar-refractivity contribution in [2.75, 3.05) is 13.1 Å². The van der Waals surface area contributed by atoms with Crippen molar-refractivity contribution in [1.29, 1.82) is 0 Å². The molecule has 0 aromatic heterocycles. The second kappa shape index (κ2) is 3.30. The van der Waals surface area contributed by atoms with E-state index in [1.807, 2.05) is 0 Å². The Bertz CT molecular complexity index is 243. The number of piperidine rings is 1. The summed E-state index contributed by atoms with van der Waals surface area (Å²) in [5.74, 6) is 0. The van der Waals surface area contributed by atoms with Crippen molar-refractivity contribution in [2.45, 2.75) is 24.6 Å². The third kappa shape index (κ3) is 1.92. The number of hydrogen-bond donors (Lipinski definition) is 2. The first-order valence-corrected chi connectivity index (χ1v) is 4.03. The van der Waals surface area contributed by atoms with Gasteiger partial charge in [-0.25, -0.2) is 4.79 Å². The van der Waals surface area contributed by atoms with Crippen LogP contribution in [0.2, 0.25) is 0 Å². The maximum atomic E-state index is 12.3. The van der Waals surface area contributed by atoms with E-state index in [-0.39, 0.29) is 13.0 Å². The quantitative estimate of drug-likeness (QED) is 0.632. The van der Waals surface area contributed by atoms with Gasteiger partial charge in [0.05, 0.1) is 6.54 Å². The molecular formula is C7H10F3NO3. The molecular weight excluding hydrogens is 203 g/mol. The zero-order valence-electron chi connectivity index (χ0n) is 7.21. The molecule has 82 valence electrons. The van der Waals surface area contributed by atoms with Gasteiger partial charge in [0.1, 0.15) is 0 Å². The normalized spacial score (nSPS) is 29.0. The van der Waals surface area contributed by atoms with Gasteiger partial charge in [0.2, 0.25) is 0 Å². The lowest BCUT2D eigenvalue weighted by Crippen LogP contribution is -2.57. The fraction of sp³-hybridized carbons (Fsp3) is 0.857. The van der Waals surface area contributed by atoms with Crippen molar-refractivity contribution in [2.24, 2.45) is 0 Å². The Morgan fingerprint density at radius 1 is 1.43 bits per heavy atom.